The van der Waals surface area contributed by atoms with Crippen LogP contribution in [0.2, 0.25) is 0 Å². The molecule has 1 aliphatic rings. The molecule has 2 unspecified atom stereocenters. The predicted molar refractivity (Wildman–Crippen MR) is 95.9 cm³/mol. The number of sulfone groups is 1. The van der Waals surface area contributed by atoms with Gasteiger partial charge in [-0.25, -0.2) is 13.2 Å². The number of ether oxygens (including phenoxy) is 1. The first-order valence-corrected chi connectivity index (χ1v) is 10.6. The molecule has 1 amide bonds. The normalized spacial score (nSPS) is 20.0. The van der Waals surface area contributed by atoms with Crippen molar-refractivity contribution in [1.29, 1.82) is 0 Å². The van der Waals surface area contributed by atoms with Crippen molar-refractivity contribution in [3.63, 3.8) is 0 Å². The molecule has 0 N–H and O–H groups in total. The van der Waals surface area contributed by atoms with Crippen molar-refractivity contribution >= 4 is 37.6 Å². The quantitative estimate of drug-likeness (QED) is 0.636. The summed E-state index contributed by atoms with van der Waals surface area (Å²) in [7, 11) is -3.11. The van der Waals surface area contributed by atoms with Crippen LogP contribution in [-0.4, -0.2) is 60.4 Å². The van der Waals surface area contributed by atoms with E-state index < -0.39 is 22.4 Å². The number of esters is 1. The lowest BCUT2D eigenvalue weighted by atomic mass is 10.1. The van der Waals surface area contributed by atoms with Gasteiger partial charge in [-0.15, -0.1) is 0 Å². The fourth-order valence-corrected chi connectivity index (χ4v) is 4.89. The number of pyridine rings is 1. The second kappa shape index (κ2) is 8.27. The van der Waals surface area contributed by atoms with E-state index in [-0.39, 0.29) is 35.1 Å². The van der Waals surface area contributed by atoms with Gasteiger partial charge in [0.05, 0.1) is 17.1 Å². The average Bonchev–Trinajstić information content (AvgIpc) is 2.92. The Morgan fingerprint density at radius 3 is 2.72 bits per heavy atom. The zero-order valence-electron chi connectivity index (χ0n) is 14.1. The molecule has 0 aliphatic carbocycles. The van der Waals surface area contributed by atoms with E-state index in [9.17, 15) is 18.0 Å². The minimum atomic E-state index is -3.11. The molecule has 2 atom stereocenters. The number of aromatic nitrogens is 1. The molecule has 1 saturated heterocycles. The highest BCUT2D eigenvalue weighted by Crippen LogP contribution is 2.21. The van der Waals surface area contributed by atoms with Crippen LogP contribution < -0.4 is 0 Å². The van der Waals surface area contributed by atoms with Crippen LogP contribution >= 0.6 is 15.9 Å². The molecule has 0 saturated carbocycles. The van der Waals surface area contributed by atoms with Crippen LogP contribution in [0.1, 0.15) is 37.0 Å². The molecule has 9 heteroatoms. The zero-order valence-corrected chi connectivity index (χ0v) is 16.5. The number of hydrogen-bond donors (Lipinski definition) is 0. The molecule has 0 spiro atoms. The summed E-state index contributed by atoms with van der Waals surface area (Å²) in [4.78, 5) is 30.0. The minimum Gasteiger partial charge on any atom is -0.452 e. The first kappa shape index (κ1) is 19.8. The van der Waals surface area contributed by atoms with Gasteiger partial charge in [0.2, 0.25) is 0 Å². The van der Waals surface area contributed by atoms with Crippen molar-refractivity contribution in [3.8, 4) is 0 Å². The minimum absolute atomic E-state index is 0.0351. The van der Waals surface area contributed by atoms with Gasteiger partial charge in [-0.05, 0) is 41.8 Å². The molecule has 2 heterocycles. The Balaban J connectivity index is 2.03. The van der Waals surface area contributed by atoms with Crippen LogP contribution in [0, 0.1) is 0 Å². The van der Waals surface area contributed by atoms with E-state index >= 15 is 0 Å². The molecule has 2 rings (SSSR count). The Bertz CT molecular complexity index is 753. The highest BCUT2D eigenvalue weighted by Gasteiger charge is 2.36. The van der Waals surface area contributed by atoms with E-state index in [0.717, 1.165) is 0 Å². The molecule has 1 aromatic rings. The van der Waals surface area contributed by atoms with E-state index in [0.29, 0.717) is 17.3 Å². The Kier molecular flexibility index (Phi) is 6.56. The summed E-state index contributed by atoms with van der Waals surface area (Å²) in [6.45, 7) is 3.36. The highest BCUT2D eigenvalue weighted by molar-refractivity contribution is 9.10. The van der Waals surface area contributed by atoms with E-state index in [4.69, 9.17) is 4.74 Å². The van der Waals surface area contributed by atoms with Crippen LogP contribution in [0.3, 0.4) is 0 Å². The molecule has 0 bridgehead atoms. The number of nitrogens with zero attached hydrogens (tertiary/aromatic N) is 2. The fourth-order valence-electron chi connectivity index (χ4n) is 2.81. The molecule has 0 aromatic carbocycles. The summed E-state index contributed by atoms with van der Waals surface area (Å²) in [5, 5.41) is 0. The molecule has 25 heavy (non-hydrogen) atoms. The van der Waals surface area contributed by atoms with Gasteiger partial charge in [0, 0.05) is 29.0 Å². The van der Waals surface area contributed by atoms with Gasteiger partial charge in [0.15, 0.2) is 16.4 Å². The van der Waals surface area contributed by atoms with Crippen molar-refractivity contribution in [3.05, 3.63) is 28.5 Å². The molecule has 0 radical (unpaired) electrons. The van der Waals surface area contributed by atoms with E-state index in [1.807, 2.05) is 13.8 Å². The van der Waals surface area contributed by atoms with Crippen molar-refractivity contribution in [2.45, 2.75) is 38.8 Å². The Morgan fingerprint density at radius 2 is 2.16 bits per heavy atom. The van der Waals surface area contributed by atoms with Gasteiger partial charge in [-0.3, -0.25) is 9.78 Å². The summed E-state index contributed by atoms with van der Waals surface area (Å²) in [6.07, 6.45) is 3.99. The lowest BCUT2D eigenvalue weighted by molar-refractivity contribution is -0.138. The maximum atomic E-state index is 12.6. The lowest BCUT2D eigenvalue weighted by Crippen LogP contribution is -2.48. The topological polar surface area (TPSA) is 93.6 Å². The van der Waals surface area contributed by atoms with Gasteiger partial charge in [0.25, 0.3) is 5.91 Å². The van der Waals surface area contributed by atoms with E-state index in [1.54, 1.807) is 11.0 Å². The first-order chi connectivity index (χ1) is 11.7. The van der Waals surface area contributed by atoms with E-state index in [1.165, 1.54) is 12.4 Å². The zero-order chi connectivity index (χ0) is 18.6. The Labute approximate surface area is 155 Å². The molecule has 1 aliphatic heterocycles. The number of amides is 1. The summed E-state index contributed by atoms with van der Waals surface area (Å²) >= 11 is 3.22. The third-order valence-electron chi connectivity index (χ3n) is 4.22. The highest BCUT2D eigenvalue weighted by atomic mass is 79.9. The van der Waals surface area contributed by atoms with Crippen LogP contribution in [-0.2, 0) is 19.4 Å². The third-order valence-corrected chi connectivity index (χ3v) is 6.41. The van der Waals surface area contributed by atoms with Crippen molar-refractivity contribution < 1.29 is 22.7 Å². The van der Waals surface area contributed by atoms with Gasteiger partial charge in [0.1, 0.15) is 0 Å². The SMILES string of the molecule is CCC(C)N(C(=O)COC(=O)c1cncc(Br)c1)C1CCS(=O)(=O)C1. The molecule has 1 fully saturated rings. The Hall–Kier alpha value is -1.48. The van der Waals surface area contributed by atoms with Crippen LogP contribution in [0.15, 0.2) is 22.9 Å². The van der Waals surface area contributed by atoms with Gasteiger partial charge >= 0.3 is 5.97 Å². The van der Waals surface area contributed by atoms with Crippen LogP contribution in [0.25, 0.3) is 0 Å². The summed E-state index contributed by atoms with van der Waals surface area (Å²) < 4.78 is 29.2. The summed E-state index contributed by atoms with van der Waals surface area (Å²) in [6, 6.07) is 1.06. The number of rotatable bonds is 6. The summed E-state index contributed by atoms with van der Waals surface area (Å²) in [5.41, 5.74) is 0.237. The fraction of sp³-hybridized carbons (Fsp3) is 0.562. The molecule has 138 valence electrons. The maximum absolute atomic E-state index is 12.6. The molecular formula is C16H21BrN2O5S. The number of carbonyl (C=O) groups excluding carboxylic acids is 2. The third kappa shape index (κ3) is 5.24. The van der Waals surface area contributed by atoms with Gasteiger partial charge in [-0.1, -0.05) is 6.92 Å². The van der Waals surface area contributed by atoms with Crippen molar-refractivity contribution in [2.24, 2.45) is 0 Å². The largest absolute Gasteiger partial charge is 0.452 e. The monoisotopic (exact) mass is 432 g/mol. The van der Waals surface area contributed by atoms with Crippen molar-refractivity contribution in [2.75, 3.05) is 18.1 Å². The second-order valence-electron chi connectivity index (χ2n) is 6.08. The average molecular weight is 433 g/mol. The Morgan fingerprint density at radius 1 is 1.44 bits per heavy atom. The van der Waals surface area contributed by atoms with Crippen LogP contribution in [0.4, 0.5) is 0 Å². The maximum Gasteiger partial charge on any atom is 0.340 e. The standard InChI is InChI=1S/C16H21BrN2O5S/c1-3-11(2)19(14-4-5-25(22,23)10-14)15(20)9-24-16(21)12-6-13(17)8-18-7-12/h6-8,11,14H,3-5,9-10H2,1-2H3. The molecular weight excluding hydrogens is 412 g/mol. The van der Waals surface area contributed by atoms with Gasteiger partial charge in [-0.2, -0.15) is 0 Å². The smallest absolute Gasteiger partial charge is 0.340 e. The summed E-state index contributed by atoms with van der Waals surface area (Å²) in [5.74, 6) is -0.980. The number of hydrogen-bond acceptors (Lipinski definition) is 6. The second-order valence-corrected chi connectivity index (χ2v) is 9.23. The van der Waals surface area contributed by atoms with Gasteiger partial charge < -0.3 is 9.64 Å². The molecule has 7 nitrogen and oxygen atoms in total. The van der Waals surface area contributed by atoms with Crippen molar-refractivity contribution in [1.82, 2.24) is 9.88 Å². The van der Waals surface area contributed by atoms with E-state index in [2.05, 4.69) is 20.9 Å². The number of halogens is 1. The molecule has 1 aromatic heterocycles. The predicted octanol–water partition coefficient (Wildman–Crippen LogP) is 1.82. The number of carbonyl (C=O) groups is 2. The first-order valence-electron chi connectivity index (χ1n) is 8.02. The van der Waals surface area contributed by atoms with Crippen LogP contribution in [0.5, 0.6) is 0 Å². The lowest BCUT2D eigenvalue weighted by Gasteiger charge is -2.33.